The van der Waals surface area contributed by atoms with E-state index in [2.05, 4.69) is 20.2 Å². The first-order valence-corrected chi connectivity index (χ1v) is 6.38. The van der Waals surface area contributed by atoms with E-state index >= 15 is 0 Å². The van der Waals surface area contributed by atoms with Gasteiger partial charge in [-0.1, -0.05) is 16.8 Å². The third kappa shape index (κ3) is 3.55. The van der Waals surface area contributed by atoms with E-state index in [0.29, 0.717) is 16.3 Å². The number of rotatable bonds is 5. The molecule has 1 aromatic heterocycles. The number of nitrogens with zero attached hydrogens (tertiary/aromatic N) is 3. The van der Waals surface area contributed by atoms with Crippen molar-refractivity contribution in [1.29, 1.82) is 0 Å². The number of hydrogen-bond acceptors (Lipinski definition) is 7. The number of aromatic nitrogens is 2. The molecule has 0 saturated heterocycles. The summed E-state index contributed by atoms with van der Waals surface area (Å²) in [7, 11) is 1.42. The lowest BCUT2D eigenvalue weighted by molar-refractivity contribution is -0.385. The zero-order valence-corrected chi connectivity index (χ0v) is 12.4. The highest BCUT2D eigenvalue weighted by Gasteiger charge is 2.24. The molecule has 2 rings (SSSR count). The molecule has 11 heteroatoms. The minimum atomic E-state index is -1.11. The van der Waals surface area contributed by atoms with E-state index < -0.39 is 22.3 Å². The van der Waals surface area contributed by atoms with Crippen LogP contribution in [0.1, 0.15) is 16.1 Å². The molecule has 10 nitrogen and oxygen atoms in total. The van der Waals surface area contributed by atoms with Crippen LogP contribution in [0.2, 0.25) is 5.02 Å². The summed E-state index contributed by atoms with van der Waals surface area (Å²) in [5.74, 6) is -0.947. The zero-order valence-electron chi connectivity index (χ0n) is 11.6. The summed E-state index contributed by atoms with van der Waals surface area (Å²) in [5.41, 5.74) is 5.02. The number of H-pyrrole nitrogens is 1. The van der Waals surface area contributed by atoms with Gasteiger partial charge in [0.1, 0.15) is 11.9 Å². The van der Waals surface area contributed by atoms with Gasteiger partial charge >= 0.3 is 11.7 Å². The maximum absolute atomic E-state index is 11.8. The van der Waals surface area contributed by atoms with E-state index in [0.717, 1.165) is 6.20 Å². The van der Waals surface area contributed by atoms with Crippen LogP contribution < -0.4 is 10.5 Å². The number of hydrogen-bond donors (Lipinski definition) is 2. The molecule has 0 aliphatic heterocycles. The minimum absolute atomic E-state index is 0.195. The number of aromatic amines is 1. The van der Waals surface area contributed by atoms with Crippen molar-refractivity contribution in [3.63, 3.8) is 0 Å². The maximum Gasteiger partial charge on any atom is 0.390 e. The number of ether oxygens (including phenoxy) is 1. The number of methoxy groups -OCH3 is 1. The molecule has 0 aliphatic rings. The second-order valence-electron chi connectivity index (χ2n) is 4.09. The molecule has 120 valence electrons. The molecule has 0 saturated carbocycles. The second kappa shape index (κ2) is 6.75. The number of nitrogens with two attached hydrogens (primary N) is 1. The van der Waals surface area contributed by atoms with E-state index in [1.807, 2.05) is 0 Å². The Kier molecular flexibility index (Phi) is 4.76. The molecule has 0 radical (unpaired) electrons. The molecule has 0 aliphatic carbocycles. The van der Waals surface area contributed by atoms with Crippen LogP contribution in [0.25, 0.3) is 0 Å². The van der Waals surface area contributed by atoms with Crippen LogP contribution in [0.3, 0.4) is 0 Å². The summed E-state index contributed by atoms with van der Waals surface area (Å²) in [5, 5.41) is 20.1. The summed E-state index contributed by atoms with van der Waals surface area (Å²) in [6.45, 7) is 0. The standard InChI is InChI=1S/C12H10ClN5O5/c1-22-9-3-2-6(13)4-7(9)11(14)17-23-12(19)10-8(18(20)21)5-15-16-10/h2-5H,1H3,(H2,14,17)(H,15,16). The molecular weight excluding hydrogens is 330 g/mol. The van der Waals surface area contributed by atoms with Gasteiger partial charge in [-0.2, -0.15) is 5.10 Å². The quantitative estimate of drug-likeness (QED) is 0.275. The van der Waals surface area contributed by atoms with Crippen molar-refractivity contribution in [2.24, 2.45) is 10.9 Å². The van der Waals surface area contributed by atoms with Crippen LogP contribution in [0, 0.1) is 10.1 Å². The number of carbonyl (C=O) groups is 1. The molecule has 3 N–H and O–H groups in total. The average molecular weight is 340 g/mol. The number of carbonyl (C=O) groups excluding carboxylic acids is 1. The number of halogens is 1. The van der Waals surface area contributed by atoms with Crippen molar-refractivity contribution in [3.8, 4) is 5.75 Å². The van der Waals surface area contributed by atoms with Gasteiger partial charge in [-0.25, -0.2) is 4.79 Å². The van der Waals surface area contributed by atoms with Crippen LogP contribution >= 0.6 is 11.6 Å². The second-order valence-corrected chi connectivity index (χ2v) is 4.52. The maximum atomic E-state index is 11.8. The third-order valence-electron chi connectivity index (χ3n) is 2.68. The monoisotopic (exact) mass is 339 g/mol. The Morgan fingerprint density at radius 2 is 2.26 bits per heavy atom. The zero-order chi connectivity index (χ0) is 17.0. The largest absolute Gasteiger partial charge is 0.496 e. The van der Waals surface area contributed by atoms with Gasteiger partial charge in [0, 0.05) is 5.02 Å². The number of benzene rings is 1. The van der Waals surface area contributed by atoms with Crippen LogP contribution in [-0.2, 0) is 4.84 Å². The molecular formula is C12H10ClN5O5. The molecule has 23 heavy (non-hydrogen) atoms. The van der Waals surface area contributed by atoms with Crippen molar-refractivity contribution in [2.45, 2.75) is 0 Å². The molecule has 0 unspecified atom stereocenters. The first-order valence-electron chi connectivity index (χ1n) is 6.00. The Hall–Kier alpha value is -3.14. The summed E-state index contributed by atoms with van der Waals surface area (Å²) in [4.78, 5) is 26.3. The Morgan fingerprint density at radius 3 is 2.91 bits per heavy atom. The lowest BCUT2D eigenvalue weighted by Gasteiger charge is -2.07. The smallest absolute Gasteiger partial charge is 0.390 e. The van der Waals surface area contributed by atoms with Gasteiger partial charge in [0.15, 0.2) is 5.84 Å². The molecule has 0 spiro atoms. The van der Waals surface area contributed by atoms with Gasteiger partial charge in [-0.15, -0.1) is 0 Å². The van der Waals surface area contributed by atoms with Gasteiger partial charge < -0.3 is 15.3 Å². The van der Waals surface area contributed by atoms with Crippen LogP contribution in [-0.4, -0.2) is 34.0 Å². The SMILES string of the molecule is COc1ccc(Cl)cc1/C(N)=N/OC(=O)c1[nH]ncc1[N+](=O)[O-]. The molecule has 1 heterocycles. The Bertz CT molecular complexity index is 788. The number of amidine groups is 1. The lowest BCUT2D eigenvalue weighted by atomic mass is 10.2. The van der Waals surface area contributed by atoms with E-state index in [9.17, 15) is 14.9 Å². The van der Waals surface area contributed by atoms with Crippen molar-refractivity contribution in [3.05, 3.63) is 50.8 Å². The summed E-state index contributed by atoms with van der Waals surface area (Å²) < 4.78 is 5.09. The van der Waals surface area contributed by atoms with Gasteiger partial charge in [-0.05, 0) is 18.2 Å². The number of oxime groups is 1. The third-order valence-corrected chi connectivity index (χ3v) is 2.92. The van der Waals surface area contributed by atoms with Crippen LogP contribution in [0.5, 0.6) is 5.75 Å². The van der Waals surface area contributed by atoms with E-state index in [1.165, 1.54) is 13.2 Å². The highest BCUT2D eigenvalue weighted by Crippen LogP contribution is 2.22. The van der Waals surface area contributed by atoms with E-state index in [-0.39, 0.29) is 5.84 Å². The molecule has 1 aromatic carbocycles. The molecule has 0 atom stereocenters. The molecule has 0 bridgehead atoms. The van der Waals surface area contributed by atoms with Crippen molar-refractivity contribution in [2.75, 3.05) is 7.11 Å². The fourth-order valence-electron chi connectivity index (χ4n) is 1.63. The predicted molar refractivity (Wildman–Crippen MR) is 79.4 cm³/mol. The Balaban J connectivity index is 2.22. The van der Waals surface area contributed by atoms with E-state index in [4.69, 9.17) is 22.1 Å². The fourth-order valence-corrected chi connectivity index (χ4v) is 1.81. The summed E-state index contributed by atoms with van der Waals surface area (Å²) >= 11 is 5.86. The summed E-state index contributed by atoms with van der Waals surface area (Å²) in [6.07, 6.45) is 0.879. The predicted octanol–water partition coefficient (Wildman–Crippen LogP) is 1.46. The first-order chi connectivity index (χ1) is 10.9. The normalized spacial score (nSPS) is 11.1. The van der Waals surface area contributed by atoms with Crippen molar-refractivity contribution < 1.29 is 19.3 Å². The van der Waals surface area contributed by atoms with Crippen molar-refractivity contribution in [1.82, 2.24) is 10.2 Å². The van der Waals surface area contributed by atoms with Crippen LogP contribution in [0.15, 0.2) is 29.6 Å². The average Bonchev–Trinajstić information content (AvgIpc) is 3.02. The molecule has 2 aromatic rings. The molecule has 0 amide bonds. The Labute approximate surface area is 134 Å². The number of nitrogens with one attached hydrogen (secondary N) is 1. The Morgan fingerprint density at radius 1 is 1.52 bits per heavy atom. The van der Waals surface area contributed by atoms with Gasteiger partial charge in [0.25, 0.3) is 0 Å². The van der Waals surface area contributed by atoms with E-state index in [1.54, 1.807) is 12.1 Å². The lowest BCUT2D eigenvalue weighted by Crippen LogP contribution is -2.16. The topological polar surface area (TPSA) is 146 Å². The highest BCUT2D eigenvalue weighted by molar-refractivity contribution is 6.31. The van der Waals surface area contributed by atoms with Gasteiger partial charge in [0.05, 0.1) is 17.6 Å². The van der Waals surface area contributed by atoms with Crippen LogP contribution in [0.4, 0.5) is 5.69 Å². The first kappa shape index (κ1) is 16.2. The summed E-state index contributed by atoms with van der Waals surface area (Å²) in [6, 6.07) is 4.60. The van der Waals surface area contributed by atoms with Crippen molar-refractivity contribution >= 4 is 29.1 Å². The van der Waals surface area contributed by atoms with Gasteiger partial charge in [-0.3, -0.25) is 15.2 Å². The fraction of sp³-hybridized carbons (Fsp3) is 0.0833. The van der Waals surface area contributed by atoms with Gasteiger partial charge in [0.2, 0.25) is 5.69 Å². The number of nitro groups is 1. The highest BCUT2D eigenvalue weighted by atomic mass is 35.5. The minimum Gasteiger partial charge on any atom is -0.496 e. The molecule has 0 fully saturated rings.